The second-order valence-corrected chi connectivity index (χ2v) is 2.98. The van der Waals surface area contributed by atoms with Gasteiger partial charge in [0.15, 0.2) is 0 Å². The highest BCUT2D eigenvalue weighted by atomic mass is 16.2. The van der Waals surface area contributed by atoms with E-state index in [2.05, 4.69) is 15.3 Å². The van der Waals surface area contributed by atoms with Crippen molar-refractivity contribution in [1.29, 1.82) is 0 Å². The Morgan fingerprint density at radius 3 is 3.07 bits per heavy atom. The molecule has 0 aromatic carbocycles. The van der Waals surface area contributed by atoms with Crippen LogP contribution in [0.4, 0.5) is 5.82 Å². The minimum atomic E-state index is -0.463. The highest BCUT2D eigenvalue weighted by Crippen LogP contribution is 2.01. The molecule has 0 saturated carbocycles. The van der Waals surface area contributed by atoms with E-state index in [9.17, 15) is 4.79 Å². The van der Waals surface area contributed by atoms with Gasteiger partial charge < -0.3 is 11.1 Å². The summed E-state index contributed by atoms with van der Waals surface area (Å²) in [7, 11) is 0. The van der Waals surface area contributed by atoms with Gasteiger partial charge in [-0.3, -0.25) is 4.79 Å². The van der Waals surface area contributed by atoms with Crippen molar-refractivity contribution in [3.8, 4) is 0 Å². The molecule has 5 heteroatoms. The number of rotatable bonds is 4. The first-order chi connectivity index (χ1) is 6.74. The molecule has 0 aliphatic heterocycles. The summed E-state index contributed by atoms with van der Waals surface area (Å²) in [6.07, 6.45) is 4.50. The summed E-state index contributed by atoms with van der Waals surface area (Å²) < 4.78 is 0. The van der Waals surface area contributed by atoms with Crippen molar-refractivity contribution in [3.63, 3.8) is 0 Å². The molecular formula is C9H14N4O. The molecule has 0 aliphatic rings. The summed E-state index contributed by atoms with van der Waals surface area (Å²) in [6.45, 7) is 1.98. The molecule has 5 nitrogen and oxygen atoms in total. The number of anilines is 1. The van der Waals surface area contributed by atoms with E-state index in [0.29, 0.717) is 12.2 Å². The van der Waals surface area contributed by atoms with Crippen LogP contribution in [0.3, 0.4) is 0 Å². The Hall–Kier alpha value is -1.49. The van der Waals surface area contributed by atoms with E-state index in [4.69, 9.17) is 5.73 Å². The van der Waals surface area contributed by atoms with Gasteiger partial charge in [-0.15, -0.1) is 0 Å². The zero-order valence-electron chi connectivity index (χ0n) is 8.10. The summed E-state index contributed by atoms with van der Waals surface area (Å²) in [5, 5.41) is 2.61. The van der Waals surface area contributed by atoms with Crippen LogP contribution in [0, 0.1) is 0 Å². The monoisotopic (exact) mass is 194 g/mol. The van der Waals surface area contributed by atoms with Crippen LogP contribution in [-0.2, 0) is 4.79 Å². The molecule has 0 radical (unpaired) electrons. The van der Waals surface area contributed by atoms with Crippen molar-refractivity contribution in [3.05, 3.63) is 18.6 Å². The van der Waals surface area contributed by atoms with Gasteiger partial charge in [-0.2, -0.15) is 0 Å². The largest absolute Gasteiger partial charge is 0.320 e. The maximum absolute atomic E-state index is 11.4. The maximum Gasteiger partial charge on any atom is 0.242 e. The Morgan fingerprint density at radius 2 is 2.50 bits per heavy atom. The molecule has 0 saturated heterocycles. The van der Waals surface area contributed by atoms with E-state index in [0.717, 1.165) is 6.42 Å². The zero-order chi connectivity index (χ0) is 10.4. The third kappa shape index (κ3) is 3.10. The second-order valence-electron chi connectivity index (χ2n) is 2.98. The smallest absolute Gasteiger partial charge is 0.242 e. The van der Waals surface area contributed by atoms with Gasteiger partial charge >= 0.3 is 0 Å². The summed E-state index contributed by atoms with van der Waals surface area (Å²) >= 11 is 0. The lowest BCUT2D eigenvalue weighted by Gasteiger charge is -2.09. The van der Waals surface area contributed by atoms with E-state index in [1.807, 2.05) is 6.92 Å². The number of carbonyl (C=O) groups is 1. The second kappa shape index (κ2) is 5.29. The topological polar surface area (TPSA) is 80.9 Å². The predicted octanol–water partition coefficient (Wildman–Crippen LogP) is 0.542. The molecule has 1 atom stereocenters. The van der Waals surface area contributed by atoms with Crippen LogP contribution < -0.4 is 11.1 Å². The quantitative estimate of drug-likeness (QED) is 0.733. The molecule has 14 heavy (non-hydrogen) atoms. The first-order valence-electron chi connectivity index (χ1n) is 4.56. The van der Waals surface area contributed by atoms with Crippen molar-refractivity contribution < 1.29 is 4.79 Å². The number of carbonyl (C=O) groups excluding carboxylic acids is 1. The lowest BCUT2D eigenvalue weighted by atomic mass is 10.2. The van der Waals surface area contributed by atoms with E-state index in [1.165, 1.54) is 6.33 Å². The minimum Gasteiger partial charge on any atom is -0.320 e. The number of hydrogen-bond donors (Lipinski definition) is 2. The molecule has 76 valence electrons. The molecule has 1 unspecified atom stereocenters. The van der Waals surface area contributed by atoms with E-state index in [1.54, 1.807) is 12.3 Å². The molecule has 0 fully saturated rings. The fourth-order valence-corrected chi connectivity index (χ4v) is 1.03. The van der Waals surface area contributed by atoms with Crippen LogP contribution in [0.5, 0.6) is 0 Å². The van der Waals surface area contributed by atoms with Gasteiger partial charge in [0.25, 0.3) is 0 Å². The number of nitrogens with one attached hydrogen (secondary N) is 1. The number of aromatic nitrogens is 2. The maximum atomic E-state index is 11.4. The van der Waals surface area contributed by atoms with Gasteiger partial charge in [-0.1, -0.05) is 13.3 Å². The zero-order valence-corrected chi connectivity index (χ0v) is 8.10. The molecule has 1 heterocycles. The van der Waals surface area contributed by atoms with Crippen LogP contribution in [0.15, 0.2) is 18.6 Å². The summed E-state index contributed by atoms with van der Waals surface area (Å²) in [5.74, 6) is 0.280. The summed E-state index contributed by atoms with van der Waals surface area (Å²) in [5.41, 5.74) is 5.62. The van der Waals surface area contributed by atoms with Gasteiger partial charge in [-0.25, -0.2) is 9.97 Å². The fourth-order valence-electron chi connectivity index (χ4n) is 1.03. The van der Waals surface area contributed by atoms with E-state index >= 15 is 0 Å². The van der Waals surface area contributed by atoms with Gasteiger partial charge in [0.05, 0.1) is 6.04 Å². The van der Waals surface area contributed by atoms with Crippen molar-refractivity contribution in [2.75, 3.05) is 5.32 Å². The molecule has 1 aromatic heterocycles. The molecule has 1 rings (SSSR count). The average Bonchev–Trinajstić information content (AvgIpc) is 2.19. The van der Waals surface area contributed by atoms with Crippen LogP contribution in [-0.4, -0.2) is 21.9 Å². The van der Waals surface area contributed by atoms with Gasteiger partial charge in [0.1, 0.15) is 12.1 Å². The predicted molar refractivity (Wildman–Crippen MR) is 53.5 cm³/mol. The summed E-state index contributed by atoms with van der Waals surface area (Å²) in [4.78, 5) is 19.0. The number of hydrogen-bond acceptors (Lipinski definition) is 4. The van der Waals surface area contributed by atoms with E-state index < -0.39 is 6.04 Å². The Morgan fingerprint density at radius 1 is 1.71 bits per heavy atom. The standard InChI is InChI=1S/C9H14N4O/c1-2-3-7(10)9(14)13-8-4-5-11-6-12-8/h4-7H,2-3,10H2,1H3,(H,11,12,13,14). The highest BCUT2D eigenvalue weighted by Gasteiger charge is 2.12. The molecule has 0 bridgehead atoms. The van der Waals surface area contributed by atoms with Gasteiger partial charge in [0, 0.05) is 6.20 Å². The Labute approximate surface area is 82.7 Å². The lowest BCUT2D eigenvalue weighted by molar-refractivity contribution is -0.117. The Balaban J connectivity index is 2.49. The first kappa shape index (κ1) is 10.6. The van der Waals surface area contributed by atoms with E-state index in [-0.39, 0.29) is 5.91 Å². The number of nitrogens with zero attached hydrogens (tertiary/aromatic N) is 2. The normalized spacial score (nSPS) is 12.1. The first-order valence-corrected chi connectivity index (χ1v) is 4.56. The number of nitrogens with two attached hydrogens (primary N) is 1. The Kier molecular flexibility index (Phi) is 4.00. The molecule has 1 amide bonds. The van der Waals surface area contributed by atoms with Crippen molar-refractivity contribution >= 4 is 11.7 Å². The third-order valence-corrected chi connectivity index (χ3v) is 1.77. The van der Waals surface area contributed by atoms with Crippen LogP contribution in [0.2, 0.25) is 0 Å². The van der Waals surface area contributed by atoms with Crippen molar-refractivity contribution in [2.24, 2.45) is 5.73 Å². The third-order valence-electron chi connectivity index (χ3n) is 1.77. The fraction of sp³-hybridized carbons (Fsp3) is 0.444. The lowest BCUT2D eigenvalue weighted by Crippen LogP contribution is -2.35. The Bertz CT molecular complexity index is 288. The van der Waals surface area contributed by atoms with Gasteiger partial charge in [0.2, 0.25) is 5.91 Å². The molecule has 0 spiro atoms. The van der Waals surface area contributed by atoms with Crippen LogP contribution in [0.1, 0.15) is 19.8 Å². The minimum absolute atomic E-state index is 0.203. The van der Waals surface area contributed by atoms with Crippen LogP contribution in [0.25, 0.3) is 0 Å². The molecular weight excluding hydrogens is 180 g/mol. The summed E-state index contributed by atoms with van der Waals surface area (Å²) in [6, 6.07) is 1.16. The van der Waals surface area contributed by atoms with Crippen molar-refractivity contribution in [1.82, 2.24) is 9.97 Å². The number of amides is 1. The van der Waals surface area contributed by atoms with Gasteiger partial charge in [-0.05, 0) is 12.5 Å². The molecule has 3 N–H and O–H groups in total. The van der Waals surface area contributed by atoms with Crippen molar-refractivity contribution in [2.45, 2.75) is 25.8 Å². The molecule has 0 aliphatic carbocycles. The highest BCUT2D eigenvalue weighted by molar-refractivity contribution is 5.93. The van der Waals surface area contributed by atoms with Crippen LogP contribution >= 0.6 is 0 Å². The molecule has 1 aromatic rings. The SMILES string of the molecule is CCCC(N)C(=O)Nc1ccncn1. The average molecular weight is 194 g/mol.